The number of carboxylic acid groups (broad SMARTS) is 1. The van der Waals surface area contributed by atoms with Crippen LogP contribution in [0.5, 0.6) is 11.5 Å². The SMILES string of the molecule is COc1cc(C2C3=C(CCCC3=O)NC3=C2C(=O)CCC3)ccc1OCC(=O)O. The second-order valence-corrected chi connectivity index (χ2v) is 7.49. The molecule has 1 aromatic rings. The number of Topliss-reactive ketones (excluding diaryl/α,β-unsaturated/α-hetero) is 2. The van der Waals surface area contributed by atoms with Crippen molar-refractivity contribution in [2.45, 2.75) is 44.4 Å². The number of carbonyl (C=O) groups excluding carboxylic acids is 2. The molecule has 152 valence electrons. The number of hydrogen-bond donors (Lipinski definition) is 2. The van der Waals surface area contributed by atoms with Gasteiger partial charge in [0.05, 0.1) is 7.11 Å². The number of methoxy groups -OCH3 is 1. The number of allylic oxidation sites excluding steroid dienone is 4. The lowest BCUT2D eigenvalue weighted by atomic mass is 9.71. The van der Waals surface area contributed by atoms with E-state index < -0.39 is 18.5 Å². The molecule has 0 atom stereocenters. The van der Waals surface area contributed by atoms with Crippen LogP contribution in [0, 0.1) is 0 Å². The zero-order valence-electron chi connectivity index (χ0n) is 16.2. The molecule has 0 amide bonds. The third kappa shape index (κ3) is 3.52. The first-order chi connectivity index (χ1) is 14.0. The molecule has 0 unspecified atom stereocenters. The molecule has 7 heteroatoms. The van der Waals surface area contributed by atoms with E-state index in [9.17, 15) is 14.4 Å². The van der Waals surface area contributed by atoms with Gasteiger partial charge in [-0.2, -0.15) is 0 Å². The first-order valence-corrected chi connectivity index (χ1v) is 9.81. The van der Waals surface area contributed by atoms with E-state index >= 15 is 0 Å². The van der Waals surface area contributed by atoms with Crippen LogP contribution in [0.2, 0.25) is 0 Å². The van der Waals surface area contributed by atoms with Crippen LogP contribution in [0.3, 0.4) is 0 Å². The first-order valence-electron chi connectivity index (χ1n) is 9.81. The maximum atomic E-state index is 12.8. The molecule has 2 N–H and O–H groups in total. The third-order valence-electron chi connectivity index (χ3n) is 5.66. The fraction of sp³-hybridized carbons (Fsp3) is 0.409. The number of ether oxygens (including phenoxy) is 2. The van der Waals surface area contributed by atoms with Gasteiger partial charge < -0.3 is 19.9 Å². The van der Waals surface area contributed by atoms with E-state index in [0.29, 0.717) is 35.5 Å². The van der Waals surface area contributed by atoms with Crippen molar-refractivity contribution in [1.29, 1.82) is 0 Å². The Morgan fingerprint density at radius 3 is 2.21 bits per heavy atom. The van der Waals surface area contributed by atoms with E-state index in [1.54, 1.807) is 18.2 Å². The molecule has 0 radical (unpaired) electrons. The molecule has 1 aromatic carbocycles. The summed E-state index contributed by atoms with van der Waals surface area (Å²) in [5.41, 5.74) is 3.96. The topological polar surface area (TPSA) is 102 Å². The van der Waals surface area contributed by atoms with E-state index in [1.165, 1.54) is 7.11 Å². The highest BCUT2D eigenvalue weighted by Gasteiger charge is 2.40. The molecule has 0 saturated heterocycles. The van der Waals surface area contributed by atoms with Crippen LogP contribution < -0.4 is 14.8 Å². The summed E-state index contributed by atoms with van der Waals surface area (Å²) in [6, 6.07) is 5.17. The van der Waals surface area contributed by atoms with Crippen LogP contribution in [0.25, 0.3) is 0 Å². The Morgan fingerprint density at radius 1 is 1.03 bits per heavy atom. The van der Waals surface area contributed by atoms with Crippen molar-refractivity contribution in [3.8, 4) is 11.5 Å². The molecular formula is C22H23NO6. The summed E-state index contributed by atoms with van der Waals surface area (Å²) in [7, 11) is 1.47. The smallest absolute Gasteiger partial charge is 0.341 e. The number of rotatable bonds is 5. The lowest BCUT2D eigenvalue weighted by Gasteiger charge is -2.37. The Kier molecular flexibility index (Phi) is 5.13. The van der Waals surface area contributed by atoms with Gasteiger partial charge in [-0.3, -0.25) is 9.59 Å². The van der Waals surface area contributed by atoms with Crippen molar-refractivity contribution in [2.24, 2.45) is 0 Å². The monoisotopic (exact) mass is 397 g/mol. The maximum Gasteiger partial charge on any atom is 0.341 e. The van der Waals surface area contributed by atoms with Crippen LogP contribution in [0.1, 0.15) is 50.0 Å². The van der Waals surface area contributed by atoms with Crippen LogP contribution in [0.4, 0.5) is 0 Å². The van der Waals surface area contributed by atoms with Crippen LogP contribution in [-0.2, 0) is 14.4 Å². The summed E-state index contributed by atoms with van der Waals surface area (Å²) in [6.45, 7) is -0.482. The summed E-state index contributed by atoms with van der Waals surface area (Å²) in [5.74, 6) is -0.694. The van der Waals surface area contributed by atoms with Crippen molar-refractivity contribution in [3.63, 3.8) is 0 Å². The minimum atomic E-state index is -1.08. The van der Waals surface area contributed by atoms with Gasteiger partial charge in [-0.05, 0) is 43.4 Å². The third-order valence-corrected chi connectivity index (χ3v) is 5.66. The molecular weight excluding hydrogens is 374 g/mol. The number of hydrogen-bond acceptors (Lipinski definition) is 6. The van der Waals surface area contributed by atoms with Gasteiger partial charge in [0.15, 0.2) is 29.7 Å². The lowest BCUT2D eigenvalue weighted by molar-refractivity contribution is -0.139. The van der Waals surface area contributed by atoms with Crippen molar-refractivity contribution in [1.82, 2.24) is 5.32 Å². The summed E-state index contributed by atoms with van der Waals surface area (Å²) in [5, 5.41) is 12.2. The second-order valence-electron chi connectivity index (χ2n) is 7.49. The number of aliphatic carboxylic acids is 1. The summed E-state index contributed by atoms with van der Waals surface area (Å²) >= 11 is 0. The first kappa shape index (κ1) is 19.2. The number of nitrogens with one attached hydrogen (secondary N) is 1. The fourth-order valence-corrected chi connectivity index (χ4v) is 4.44. The summed E-state index contributed by atoms with van der Waals surface area (Å²) < 4.78 is 10.7. The van der Waals surface area contributed by atoms with Crippen LogP contribution in [0.15, 0.2) is 40.7 Å². The van der Waals surface area contributed by atoms with Gasteiger partial charge in [-0.25, -0.2) is 4.79 Å². The van der Waals surface area contributed by atoms with E-state index in [-0.39, 0.29) is 11.6 Å². The normalized spacial score (nSPS) is 19.5. The van der Waals surface area contributed by atoms with Gasteiger partial charge >= 0.3 is 5.97 Å². The van der Waals surface area contributed by atoms with Gasteiger partial charge in [0, 0.05) is 41.3 Å². The zero-order chi connectivity index (χ0) is 20.5. The van der Waals surface area contributed by atoms with Crippen LogP contribution in [-0.4, -0.2) is 36.4 Å². The molecule has 29 heavy (non-hydrogen) atoms. The largest absolute Gasteiger partial charge is 0.493 e. The van der Waals surface area contributed by atoms with Crippen LogP contribution >= 0.6 is 0 Å². The van der Waals surface area contributed by atoms with Crippen molar-refractivity contribution in [3.05, 3.63) is 46.3 Å². The second kappa shape index (κ2) is 7.73. The average Bonchev–Trinajstić information content (AvgIpc) is 2.71. The van der Waals surface area contributed by atoms with E-state index in [1.807, 2.05) is 0 Å². The van der Waals surface area contributed by atoms with E-state index in [4.69, 9.17) is 14.6 Å². The van der Waals surface area contributed by atoms with Gasteiger partial charge in [-0.1, -0.05) is 6.07 Å². The van der Waals surface area contributed by atoms with Gasteiger partial charge in [0.1, 0.15) is 0 Å². The molecule has 0 spiro atoms. The average molecular weight is 397 g/mol. The van der Waals surface area contributed by atoms with Gasteiger partial charge in [-0.15, -0.1) is 0 Å². The van der Waals surface area contributed by atoms with E-state index in [2.05, 4.69) is 5.32 Å². The number of carboxylic acids is 1. The highest BCUT2D eigenvalue weighted by molar-refractivity contribution is 6.06. The predicted octanol–water partition coefficient (Wildman–Crippen LogP) is 2.86. The Bertz CT molecular complexity index is 916. The summed E-state index contributed by atoms with van der Waals surface area (Å²) in [4.78, 5) is 36.5. The highest BCUT2D eigenvalue weighted by Crippen LogP contribution is 2.46. The van der Waals surface area contributed by atoms with Gasteiger partial charge in [0.25, 0.3) is 0 Å². The lowest BCUT2D eigenvalue weighted by Crippen LogP contribution is -2.36. The van der Waals surface area contributed by atoms with E-state index in [0.717, 1.165) is 42.6 Å². The minimum absolute atomic E-state index is 0.0684. The Hall–Kier alpha value is -3.09. The molecule has 0 aromatic heterocycles. The molecule has 2 aliphatic carbocycles. The van der Waals surface area contributed by atoms with Crippen molar-refractivity contribution in [2.75, 3.05) is 13.7 Å². The Balaban J connectivity index is 1.81. The molecule has 0 bridgehead atoms. The molecule has 0 saturated carbocycles. The molecule has 7 nitrogen and oxygen atoms in total. The van der Waals surface area contributed by atoms with Crippen molar-refractivity contribution < 1.29 is 29.0 Å². The number of dihydropyridines is 1. The number of carbonyl (C=O) groups is 3. The zero-order valence-corrected chi connectivity index (χ0v) is 16.2. The number of benzene rings is 1. The Labute approximate surface area is 168 Å². The fourth-order valence-electron chi connectivity index (χ4n) is 4.44. The highest BCUT2D eigenvalue weighted by atomic mass is 16.5. The number of ketones is 2. The molecule has 3 aliphatic rings. The molecule has 1 heterocycles. The minimum Gasteiger partial charge on any atom is -0.493 e. The predicted molar refractivity (Wildman–Crippen MR) is 104 cm³/mol. The molecule has 0 fully saturated rings. The standard InChI is InChI=1S/C22H23NO6/c1-28-18-10-12(8-9-17(18)29-11-19(26)27)20-21-13(4-2-6-15(21)24)23-14-5-3-7-16(25)22(14)20/h8-10,20,23H,2-7,11H2,1H3,(H,26,27). The quantitative estimate of drug-likeness (QED) is 0.788. The van der Waals surface area contributed by atoms with Crippen molar-refractivity contribution >= 4 is 17.5 Å². The maximum absolute atomic E-state index is 12.8. The molecule has 4 rings (SSSR count). The molecule has 1 aliphatic heterocycles. The summed E-state index contributed by atoms with van der Waals surface area (Å²) in [6.07, 6.45) is 4.15. The van der Waals surface area contributed by atoms with Gasteiger partial charge in [0.2, 0.25) is 0 Å². The Morgan fingerprint density at radius 2 is 1.66 bits per heavy atom.